The smallest absolute Gasteiger partial charge is 0.245 e. The van der Waals surface area contributed by atoms with E-state index < -0.39 is 5.54 Å². The van der Waals surface area contributed by atoms with Crippen molar-refractivity contribution in [1.82, 2.24) is 10.2 Å². The molecule has 2 amide bonds. The van der Waals surface area contributed by atoms with Crippen molar-refractivity contribution in [3.05, 3.63) is 71.3 Å². The Morgan fingerprint density at radius 2 is 1.77 bits per heavy atom. The number of nitrogens with one attached hydrogen (secondary N) is 1. The van der Waals surface area contributed by atoms with Crippen molar-refractivity contribution in [3.8, 4) is 0 Å². The van der Waals surface area contributed by atoms with Crippen LogP contribution in [-0.2, 0) is 9.59 Å². The van der Waals surface area contributed by atoms with Gasteiger partial charge in [-0.1, -0.05) is 54.6 Å². The molecular formula is C22H26N2O2. The highest BCUT2D eigenvalue weighted by atomic mass is 16.2. The lowest BCUT2D eigenvalue weighted by Crippen LogP contribution is -2.63. The summed E-state index contributed by atoms with van der Waals surface area (Å²) < 4.78 is 0. The quantitative estimate of drug-likeness (QED) is 0.920. The largest absolute Gasteiger partial charge is 0.352 e. The van der Waals surface area contributed by atoms with Gasteiger partial charge in [0.05, 0.1) is 0 Å². The van der Waals surface area contributed by atoms with Crippen molar-refractivity contribution in [1.29, 1.82) is 0 Å². The van der Waals surface area contributed by atoms with Gasteiger partial charge in [-0.15, -0.1) is 0 Å². The molecule has 0 radical (unpaired) electrons. The van der Waals surface area contributed by atoms with E-state index in [1.165, 1.54) is 5.56 Å². The van der Waals surface area contributed by atoms with E-state index in [0.29, 0.717) is 19.5 Å². The fraction of sp³-hybridized carbons (Fsp3) is 0.364. The summed E-state index contributed by atoms with van der Waals surface area (Å²) in [6, 6.07) is 18.3. The highest BCUT2D eigenvalue weighted by molar-refractivity contribution is 5.92. The summed E-state index contributed by atoms with van der Waals surface area (Å²) >= 11 is 0. The molecule has 1 saturated heterocycles. The van der Waals surface area contributed by atoms with E-state index in [-0.39, 0.29) is 17.7 Å². The minimum absolute atomic E-state index is 0.0157. The first-order chi connectivity index (χ1) is 12.4. The fourth-order valence-corrected chi connectivity index (χ4v) is 3.69. The third-order valence-electron chi connectivity index (χ3n) is 5.30. The molecule has 0 saturated carbocycles. The third-order valence-corrected chi connectivity index (χ3v) is 5.30. The van der Waals surface area contributed by atoms with Crippen LogP contribution in [0.4, 0.5) is 0 Å². The Bertz CT molecular complexity index is 799. The van der Waals surface area contributed by atoms with Crippen molar-refractivity contribution in [3.63, 3.8) is 0 Å². The van der Waals surface area contributed by atoms with Crippen LogP contribution in [0.3, 0.4) is 0 Å². The minimum atomic E-state index is -0.817. The predicted octanol–water partition coefficient (Wildman–Crippen LogP) is 3.25. The molecule has 2 aromatic rings. The zero-order chi connectivity index (χ0) is 18.7. The van der Waals surface area contributed by atoms with E-state index in [2.05, 4.69) is 36.5 Å². The topological polar surface area (TPSA) is 49.4 Å². The maximum Gasteiger partial charge on any atom is 0.245 e. The van der Waals surface area contributed by atoms with Crippen molar-refractivity contribution < 1.29 is 9.59 Å². The van der Waals surface area contributed by atoms with Crippen LogP contribution in [0.15, 0.2) is 54.6 Å². The van der Waals surface area contributed by atoms with E-state index in [1.807, 2.05) is 44.2 Å². The second-order valence-corrected chi connectivity index (χ2v) is 7.38. The van der Waals surface area contributed by atoms with Crippen molar-refractivity contribution >= 4 is 11.8 Å². The number of amides is 2. The summed E-state index contributed by atoms with van der Waals surface area (Å²) in [6.45, 7) is 6.75. The van der Waals surface area contributed by atoms with Crippen LogP contribution in [-0.4, -0.2) is 35.3 Å². The summed E-state index contributed by atoms with van der Waals surface area (Å²) in [4.78, 5) is 27.1. The number of aryl methyl sites for hydroxylation is 1. The van der Waals surface area contributed by atoms with Crippen LogP contribution >= 0.6 is 0 Å². The van der Waals surface area contributed by atoms with Gasteiger partial charge in [0.2, 0.25) is 11.8 Å². The van der Waals surface area contributed by atoms with Gasteiger partial charge < -0.3 is 10.2 Å². The molecule has 0 bridgehead atoms. The summed E-state index contributed by atoms with van der Waals surface area (Å²) in [5.41, 5.74) is 2.63. The molecule has 1 fully saturated rings. The Morgan fingerprint density at radius 3 is 2.46 bits per heavy atom. The van der Waals surface area contributed by atoms with Crippen LogP contribution in [0, 0.1) is 6.92 Å². The van der Waals surface area contributed by atoms with E-state index in [0.717, 1.165) is 11.1 Å². The van der Waals surface area contributed by atoms with Gasteiger partial charge in [-0.3, -0.25) is 9.59 Å². The van der Waals surface area contributed by atoms with Crippen LogP contribution in [0.5, 0.6) is 0 Å². The SMILES string of the molecule is Cc1ccccc1C(CC(=O)N1CCNC(=O)C1(C)C)c1ccccc1. The zero-order valence-corrected chi connectivity index (χ0v) is 15.7. The predicted molar refractivity (Wildman–Crippen MR) is 103 cm³/mol. The molecule has 1 atom stereocenters. The molecule has 2 aromatic carbocycles. The van der Waals surface area contributed by atoms with Crippen LogP contribution < -0.4 is 5.32 Å². The Morgan fingerprint density at radius 1 is 1.12 bits per heavy atom. The van der Waals surface area contributed by atoms with Gasteiger partial charge in [-0.2, -0.15) is 0 Å². The van der Waals surface area contributed by atoms with Gasteiger partial charge >= 0.3 is 0 Å². The average molecular weight is 350 g/mol. The molecule has 0 aromatic heterocycles. The summed E-state index contributed by atoms with van der Waals surface area (Å²) in [5.74, 6) is -0.100. The first-order valence-electron chi connectivity index (χ1n) is 9.10. The molecule has 4 heteroatoms. The molecule has 1 unspecified atom stereocenters. The van der Waals surface area contributed by atoms with Gasteiger partial charge in [0.1, 0.15) is 5.54 Å². The first-order valence-corrected chi connectivity index (χ1v) is 9.10. The molecular weight excluding hydrogens is 324 g/mol. The average Bonchev–Trinajstić information content (AvgIpc) is 2.63. The Balaban J connectivity index is 1.93. The van der Waals surface area contributed by atoms with Crippen molar-refractivity contribution in [2.45, 2.75) is 38.6 Å². The molecule has 136 valence electrons. The summed E-state index contributed by atoms with van der Waals surface area (Å²) in [7, 11) is 0. The lowest BCUT2D eigenvalue weighted by atomic mass is 9.85. The van der Waals surface area contributed by atoms with Gasteiger partial charge in [-0.05, 0) is 37.5 Å². The molecule has 3 rings (SSSR count). The highest BCUT2D eigenvalue weighted by Gasteiger charge is 2.40. The molecule has 1 aliphatic heterocycles. The number of carbonyl (C=O) groups excluding carboxylic acids is 2. The van der Waals surface area contributed by atoms with Gasteiger partial charge in [0.25, 0.3) is 0 Å². The second-order valence-electron chi connectivity index (χ2n) is 7.38. The first kappa shape index (κ1) is 18.2. The van der Waals surface area contributed by atoms with E-state index in [9.17, 15) is 9.59 Å². The van der Waals surface area contributed by atoms with Gasteiger partial charge in [-0.25, -0.2) is 0 Å². The summed E-state index contributed by atoms with van der Waals surface area (Å²) in [6.07, 6.45) is 0.353. The van der Waals surface area contributed by atoms with E-state index in [1.54, 1.807) is 4.90 Å². The van der Waals surface area contributed by atoms with E-state index in [4.69, 9.17) is 0 Å². The van der Waals surface area contributed by atoms with Gasteiger partial charge in [0, 0.05) is 25.4 Å². The Labute approximate surface area is 155 Å². The third kappa shape index (κ3) is 3.50. The Kier molecular flexibility index (Phi) is 5.12. The number of hydrogen-bond acceptors (Lipinski definition) is 2. The Hall–Kier alpha value is -2.62. The van der Waals surface area contributed by atoms with Gasteiger partial charge in [0.15, 0.2) is 0 Å². The fourth-order valence-electron chi connectivity index (χ4n) is 3.69. The zero-order valence-electron chi connectivity index (χ0n) is 15.7. The van der Waals surface area contributed by atoms with Crippen LogP contribution in [0.1, 0.15) is 42.9 Å². The molecule has 1 N–H and O–H groups in total. The number of hydrogen-bond donors (Lipinski definition) is 1. The maximum atomic E-state index is 13.2. The number of benzene rings is 2. The lowest BCUT2D eigenvalue weighted by Gasteiger charge is -2.41. The number of piperazine rings is 1. The minimum Gasteiger partial charge on any atom is -0.352 e. The normalized spacial score (nSPS) is 17.5. The number of rotatable bonds is 4. The maximum absolute atomic E-state index is 13.2. The highest BCUT2D eigenvalue weighted by Crippen LogP contribution is 2.32. The van der Waals surface area contributed by atoms with Crippen LogP contribution in [0.25, 0.3) is 0 Å². The molecule has 1 aliphatic rings. The molecule has 0 spiro atoms. The monoisotopic (exact) mass is 350 g/mol. The standard InChI is InChI=1S/C22H26N2O2/c1-16-9-7-8-12-18(16)19(17-10-5-4-6-11-17)15-20(25)24-14-13-23-21(26)22(24,2)3/h4-12,19H,13-15H2,1-3H3,(H,23,26). The number of carbonyl (C=O) groups is 2. The van der Waals surface area contributed by atoms with Crippen molar-refractivity contribution in [2.75, 3.05) is 13.1 Å². The molecule has 4 nitrogen and oxygen atoms in total. The molecule has 26 heavy (non-hydrogen) atoms. The second kappa shape index (κ2) is 7.32. The molecule has 0 aliphatic carbocycles. The number of nitrogens with zero attached hydrogens (tertiary/aromatic N) is 1. The lowest BCUT2D eigenvalue weighted by molar-refractivity contribution is -0.149. The molecule has 1 heterocycles. The van der Waals surface area contributed by atoms with E-state index >= 15 is 0 Å². The van der Waals surface area contributed by atoms with Crippen molar-refractivity contribution in [2.24, 2.45) is 0 Å². The van der Waals surface area contributed by atoms with Crippen LogP contribution in [0.2, 0.25) is 0 Å². The summed E-state index contributed by atoms with van der Waals surface area (Å²) in [5, 5.41) is 2.85.